The van der Waals surface area contributed by atoms with Gasteiger partial charge in [-0.2, -0.15) is 0 Å². The van der Waals surface area contributed by atoms with Gasteiger partial charge in [-0.1, -0.05) is 18.2 Å². The first kappa shape index (κ1) is 14.2. The molecular formula is C15H20N2OS. The van der Waals surface area contributed by atoms with Crippen LogP contribution < -0.4 is 5.32 Å². The van der Waals surface area contributed by atoms with E-state index in [2.05, 4.69) is 49.3 Å². The van der Waals surface area contributed by atoms with Crippen molar-refractivity contribution < 1.29 is 4.42 Å². The fourth-order valence-electron chi connectivity index (χ4n) is 1.58. The van der Waals surface area contributed by atoms with Crippen LogP contribution in [0.15, 0.2) is 45.1 Å². The third-order valence-electron chi connectivity index (χ3n) is 2.58. The Hall–Kier alpha value is -1.26. The second-order valence-electron chi connectivity index (χ2n) is 5.57. The predicted octanol–water partition coefficient (Wildman–Crippen LogP) is 4.02. The van der Waals surface area contributed by atoms with Crippen molar-refractivity contribution in [2.24, 2.45) is 0 Å². The molecule has 2 aromatic rings. The van der Waals surface area contributed by atoms with Gasteiger partial charge in [0, 0.05) is 17.0 Å². The van der Waals surface area contributed by atoms with E-state index in [-0.39, 0.29) is 5.54 Å². The number of oxazole rings is 1. The molecule has 0 saturated carbocycles. The van der Waals surface area contributed by atoms with Gasteiger partial charge in [-0.25, -0.2) is 4.98 Å². The Labute approximate surface area is 118 Å². The predicted molar refractivity (Wildman–Crippen MR) is 78.4 cm³/mol. The van der Waals surface area contributed by atoms with Crippen LogP contribution >= 0.6 is 11.8 Å². The van der Waals surface area contributed by atoms with Crippen LogP contribution in [-0.4, -0.2) is 10.5 Å². The zero-order valence-corrected chi connectivity index (χ0v) is 12.7. The summed E-state index contributed by atoms with van der Waals surface area (Å²) in [6.45, 7) is 9.27. The van der Waals surface area contributed by atoms with Crippen molar-refractivity contribution in [3.8, 4) is 0 Å². The zero-order chi connectivity index (χ0) is 13.9. The largest absolute Gasteiger partial charge is 0.439 e. The second kappa shape index (κ2) is 5.80. The summed E-state index contributed by atoms with van der Waals surface area (Å²) in [5.74, 6) is 0. The molecule has 4 heteroatoms. The number of rotatable bonds is 4. The van der Waals surface area contributed by atoms with Gasteiger partial charge in [-0.05, 0) is 51.1 Å². The van der Waals surface area contributed by atoms with Gasteiger partial charge in [0.05, 0.1) is 5.69 Å². The van der Waals surface area contributed by atoms with Crippen LogP contribution in [0.1, 0.15) is 32.0 Å². The van der Waals surface area contributed by atoms with Gasteiger partial charge in [0.15, 0.2) is 0 Å². The molecule has 1 aromatic heterocycles. The van der Waals surface area contributed by atoms with Crippen molar-refractivity contribution in [1.29, 1.82) is 0 Å². The van der Waals surface area contributed by atoms with Crippen molar-refractivity contribution >= 4 is 11.8 Å². The highest BCUT2D eigenvalue weighted by Gasteiger charge is 2.12. The fourth-order valence-corrected chi connectivity index (χ4v) is 2.48. The molecule has 0 saturated heterocycles. The molecule has 1 aromatic carbocycles. The Morgan fingerprint density at radius 2 is 2.00 bits per heavy atom. The van der Waals surface area contributed by atoms with E-state index in [1.54, 1.807) is 18.0 Å². The molecular weight excluding hydrogens is 256 g/mol. The first-order chi connectivity index (χ1) is 8.94. The summed E-state index contributed by atoms with van der Waals surface area (Å²) in [7, 11) is 0. The highest BCUT2D eigenvalue weighted by atomic mass is 32.2. The number of nitrogens with zero attached hydrogens (tertiary/aromatic N) is 1. The summed E-state index contributed by atoms with van der Waals surface area (Å²) in [4.78, 5) is 5.51. The van der Waals surface area contributed by atoms with Crippen LogP contribution in [-0.2, 0) is 6.54 Å². The van der Waals surface area contributed by atoms with Gasteiger partial charge in [0.1, 0.15) is 6.26 Å². The van der Waals surface area contributed by atoms with Crippen molar-refractivity contribution in [3.63, 3.8) is 0 Å². The summed E-state index contributed by atoms with van der Waals surface area (Å²) in [5, 5.41) is 4.20. The molecule has 19 heavy (non-hydrogen) atoms. The van der Waals surface area contributed by atoms with Crippen molar-refractivity contribution in [3.05, 3.63) is 41.8 Å². The molecule has 1 heterocycles. The minimum atomic E-state index is 0.108. The third-order valence-corrected chi connectivity index (χ3v) is 3.56. The van der Waals surface area contributed by atoms with E-state index < -0.39 is 0 Å². The van der Waals surface area contributed by atoms with Gasteiger partial charge in [-0.15, -0.1) is 0 Å². The molecule has 102 valence electrons. The lowest BCUT2D eigenvalue weighted by Crippen LogP contribution is -2.35. The molecule has 1 N–H and O–H groups in total. The Morgan fingerprint density at radius 3 is 2.63 bits per heavy atom. The molecule has 0 aliphatic heterocycles. The van der Waals surface area contributed by atoms with Crippen LogP contribution in [0.25, 0.3) is 0 Å². The van der Waals surface area contributed by atoms with Crippen LogP contribution in [0.2, 0.25) is 0 Å². The first-order valence-corrected chi connectivity index (χ1v) is 7.18. The molecule has 0 unspecified atom stereocenters. The van der Waals surface area contributed by atoms with Gasteiger partial charge < -0.3 is 9.73 Å². The Balaban J connectivity index is 2.12. The van der Waals surface area contributed by atoms with E-state index in [1.165, 1.54) is 10.5 Å². The molecule has 0 aliphatic rings. The number of hydrogen-bond donors (Lipinski definition) is 1. The first-order valence-electron chi connectivity index (χ1n) is 6.37. The molecule has 0 radical (unpaired) electrons. The Morgan fingerprint density at radius 1 is 1.26 bits per heavy atom. The quantitative estimate of drug-likeness (QED) is 0.915. The van der Waals surface area contributed by atoms with Gasteiger partial charge in [0.25, 0.3) is 5.22 Å². The zero-order valence-electron chi connectivity index (χ0n) is 11.9. The lowest BCUT2D eigenvalue weighted by Gasteiger charge is -2.21. The summed E-state index contributed by atoms with van der Waals surface area (Å²) >= 11 is 1.57. The van der Waals surface area contributed by atoms with Gasteiger partial charge in [0.2, 0.25) is 0 Å². The van der Waals surface area contributed by atoms with E-state index in [1.807, 2.05) is 13.0 Å². The maximum absolute atomic E-state index is 5.40. The van der Waals surface area contributed by atoms with Crippen LogP contribution in [0.5, 0.6) is 0 Å². The smallest absolute Gasteiger partial charge is 0.260 e. The third kappa shape index (κ3) is 4.40. The Bertz CT molecular complexity index is 543. The molecule has 2 rings (SSSR count). The molecule has 3 nitrogen and oxygen atoms in total. The van der Waals surface area contributed by atoms with Gasteiger partial charge in [-0.3, -0.25) is 0 Å². The van der Waals surface area contributed by atoms with Crippen molar-refractivity contribution in [2.45, 2.75) is 49.9 Å². The van der Waals surface area contributed by atoms with Crippen LogP contribution in [0.3, 0.4) is 0 Å². The highest BCUT2D eigenvalue weighted by Crippen LogP contribution is 2.29. The van der Waals surface area contributed by atoms with Gasteiger partial charge >= 0.3 is 0 Å². The summed E-state index contributed by atoms with van der Waals surface area (Å²) in [5.41, 5.74) is 2.28. The molecule has 0 fully saturated rings. The number of nitrogens with one attached hydrogen (secondary N) is 1. The van der Waals surface area contributed by atoms with E-state index >= 15 is 0 Å². The monoisotopic (exact) mass is 276 g/mol. The van der Waals surface area contributed by atoms with Crippen LogP contribution in [0.4, 0.5) is 0 Å². The van der Waals surface area contributed by atoms with E-state index in [4.69, 9.17) is 4.42 Å². The number of aryl methyl sites for hydroxylation is 1. The van der Waals surface area contributed by atoms with Crippen molar-refractivity contribution in [1.82, 2.24) is 10.3 Å². The van der Waals surface area contributed by atoms with E-state index in [9.17, 15) is 0 Å². The summed E-state index contributed by atoms with van der Waals surface area (Å²) < 4.78 is 5.40. The van der Waals surface area contributed by atoms with Crippen molar-refractivity contribution in [2.75, 3.05) is 0 Å². The number of aromatic nitrogens is 1. The average Bonchev–Trinajstić information content (AvgIpc) is 2.73. The molecule has 0 aliphatic carbocycles. The van der Waals surface area contributed by atoms with Crippen LogP contribution in [0, 0.1) is 6.92 Å². The fraction of sp³-hybridized carbons (Fsp3) is 0.400. The minimum absolute atomic E-state index is 0.108. The normalized spacial score (nSPS) is 11.8. The highest BCUT2D eigenvalue weighted by molar-refractivity contribution is 7.99. The standard InChI is InChI=1S/C15H20N2OS/c1-11-10-18-14(17-11)19-13-8-6-5-7-12(13)9-16-15(2,3)4/h5-8,10,16H,9H2,1-4H3. The molecule has 0 bridgehead atoms. The Kier molecular flexibility index (Phi) is 4.32. The minimum Gasteiger partial charge on any atom is -0.439 e. The molecule has 0 amide bonds. The molecule has 0 spiro atoms. The van der Waals surface area contributed by atoms with E-state index in [0.717, 1.165) is 12.2 Å². The van der Waals surface area contributed by atoms with E-state index in [0.29, 0.717) is 5.22 Å². The maximum Gasteiger partial charge on any atom is 0.260 e. The topological polar surface area (TPSA) is 38.1 Å². The number of hydrogen-bond acceptors (Lipinski definition) is 4. The maximum atomic E-state index is 5.40. The molecule has 0 atom stereocenters. The SMILES string of the molecule is Cc1coc(Sc2ccccc2CNC(C)(C)C)n1. The average molecular weight is 276 g/mol. The summed E-state index contributed by atoms with van der Waals surface area (Å²) in [6, 6.07) is 8.34. The summed E-state index contributed by atoms with van der Waals surface area (Å²) in [6.07, 6.45) is 1.68. The second-order valence-corrected chi connectivity index (χ2v) is 6.56. The number of benzene rings is 1. The lowest BCUT2D eigenvalue weighted by atomic mass is 10.1. The lowest BCUT2D eigenvalue weighted by molar-refractivity contribution is 0.422.